The van der Waals surface area contributed by atoms with Gasteiger partial charge in [-0.05, 0) is 43.7 Å². The van der Waals surface area contributed by atoms with Gasteiger partial charge in [-0.1, -0.05) is 30.3 Å². The lowest BCUT2D eigenvalue weighted by Gasteiger charge is -2.32. The molecule has 1 fully saturated rings. The summed E-state index contributed by atoms with van der Waals surface area (Å²) < 4.78 is 1.80. The Morgan fingerprint density at radius 3 is 2.71 bits per heavy atom. The van der Waals surface area contributed by atoms with Crippen LogP contribution in [-0.4, -0.2) is 39.5 Å². The fourth-order valence-electron chi connectivity index (χ4n) is 4.78. The third-order valence-electron chi connectivity index (χ3n) is 6.54. The van der Waals surface area contributed by atoms with E-state index in [1.54, 1.807) is 4.57 Å². The van der Waals surface area contributed by atoms with Crippen LogP contribution in [0.4, 0.5) is 0 Å². The summed E-state index contributed by atoms with van der Waals surface area (Å²) in [7, 11) is 0. The third-order valence-corrected chi connectivity index (χ3v) is 7.72. The van der Waals surface area contributed by atoms with Crippen LogP contribution in [0.25, 0.3) is 10.2 Å². The molecule has 1 saturated heterocycles. The highest BCUT2D eigenvalue weighted by Crippen LogP contribution is 2.29. The molecule has 0 atom stereocenters. The Kier molecular flexibility index (Phi) is 5.63. The second kappa shape index (κ2) is 8.55. The van der Waals surface area contributed by atoms with Crippen LogP contribution in [0.2, 0.25) is 0 Å². The van der Waals surface area contributed by atoms with Crippen LogP contribution in [0.5, 0.6) is 0 Å². The van der Waals surface area contributed by atoms with Gasteiger partial charge in [0.2, 0.25) is 0 Å². The highest BCUT2D eigenvalue weighted by Gasteiger charge is 2.25. The number of hydrogen-bond donors (Lipinski definition) is 1. The first-order valence-electron chi connectivity index (χ1n) is 11.2. The Balaban J connectivity index is 1.27. The van der Waals surface area contributed by atoms with Gasteiger partial charge in [-0.25, -0.2) is 4.98 Å². The molecule has 2 aromatic heterocycles. The predicted octanol–water partition coefficient (Wildman–Crippen LogP) is 3.50. The predicted molar refractivity (Wildman–Crippen MR) is 124 cm³/mol. The van der Waals surface area contributed by atoms with E-state index in [1.807, 2.05) is 13.0 Å². The van der Waals surface area contributed by atoms with Crippen LogP contribution >= 0.6 is 11.3 Å². The van der Waals surface area contributed by atoms with E-state index in [4.69, 9.17) is 4.98 Å². The van der Waals surface area contributed by atoms with Crippen LogP contribution in [0, 0.1) is 6.92 Å². The number of carbonyl (C=O) groups excluding carboxylic acids is 1. The molecule has 1 N–H and O–H groups in total. The van der Waals surface area contributed by atoms with E-state index in [0.29, 0.717) is 15.1 Å². The van der Waals surface area contributed by atoms with Gasteiger partial charge in [0.25, 0.3) is 11.5 Å². The molecule has 1 amide bonds. The lowest BCUT2D eigenvalue weighted by atomic mass is 10.0. The number of nitrogens with zero attached hydrogens (tertiary/aromatic N) is 3. The molecule has 0 saturated carbocycles. The maximum Gasteiger partial charge on any atom is 0.262 e. The van der Waals surface area contributed by atoms with Crippen molar-refractivity contribution in [3.05, 3.63) is 62.5 Å². The Labute approximate surface area is 185 Å². The molecule has 0 aliphatic carbocycles. The Morgan fingerprint density at radius 2 is 1.94 bits per heavy atom. The highest BCUT2D eigenvalue weighted by atomic mass is 32.1. The van der Waals surface area contributed by atoms with E-state index < -0.39 is 0 Å². The summed E-state index contributed by atoms with van der Waals surface area (Å²) in [6.07, 6.45) is 4.80. The maximum absolute atomic E-state index is 13.1. The van der Waals surface area contributed by atoms with Gasteiger partial charge >= 0.3 is 0 Å². The quantitative estimate of drug-likeness (QED) is 0.680. The Hall–Kier alpha value is -2.51. The summed E-state index contributed by atoms with van der Waals surface area (Å²) in [6.45, 7) is 5.52. The van der Waals surface area contributed by atoms with Gasteiger partial charge in [0.1, 0.15) is 10.7 Å². The molecule has 2 aliphatic rings. The minimum absolute atomic E-state index is 0.0155. The van der Waals surface area contributed by atoms with Crippen molar-refractivity contribution < 1.29 is 4.79 Å². The first-order valence-corrected chi connectivity index (χ1v) is 12.0. The van der Waals surface area contributed by atoms with E-state index >= 15 is 0 Å². The van der Waals surface area contributed by atoms with Crippen molar-refractivity contribution >= 4 is 27.5 Å². The molecule has 3 aromatic rings. The standard InChI is InChI=1S/C24H28N4O2S/c1-16-20-23(26-19-9-5-6-12-28(19)24(20)30)31-21(16)22(29)25-18-10-13-27(14-11-18)15-17-7-3-2-4-8-17/h2-4,7-8,18H,5-6,9-15H2,1H3,(H,25,29). The molecular weight excluding hydrogens is 408 g/mol. The first kappa shape index (κ1) is 20.4. The number of hydrogen-bond acceptors (Lipinski definition) is 5. The van der Waals surface area contributed by atoms with Gasteiger partial charge in [0.05, 0.1) is 10.3 Å². The molecule has 162 valence electrons. The minimum atomic E-state index is -0.0654. The lowest BCUT2D eigenvalue weighted by molar-refractivity contribution is 0.0912. The SMILES string of the molecule is Cc1c(C(=O)NC2CCN(Cc3ccccc3)CC2)sc2nc3n(c(=O)c12)CCCC3. The number of aryl methyl sites for hydroxylation is 2. The molecule has 0 unspecified atom stereocenters. The van der Waals surface area contributed by atoms with Crippen molar-refractivity contribution in [3.63, 3.8) is 0 Å². The highest BCUT2D eigenvalue weighted by molar-refractivity contribution is 7.20. The molecular formula is C24H28N4O2S. The molecule has 0 spiro atoms. The summed E-state index contributed by atoms with van der Waals surface area (Å²) in [5, 5.41) is 3.84. The summed E-state index contributed by atoms with van der Waals surface area (Å²) in [6, 6.07) is 10.7. The number of carbonyl (C=O) groups is 1. The van der Waals surface area contributed by atoms with Gasteiger partial charge in [0, 0.05) is 38.6 Å². The average Bonchev–Trinajstić information content (AvgIpc) is 3.12. The van der Waals surface area contributed by atoms with Gasteiger partial charge in [-0.15, -0.1) is 11.3 Å². The maximum atomic E-state index is 13.1. The first-order chi connectivity index (χ1) is 15.1. The van der Waals surface area contributed by atoms with Gasteiger partial charge in [-0.3, -0.25) is 19.1 Å². The van der Waals surface area contributed by atoms with Crippen LogP contribution in [0.15, 0.2) is 35.1 Å². The molecule has 2 aliphatic heterocycles. The fourth-order valence-corrected chi connectivity index (χ4v) is 5.87. The lowest BCUT2D eigenvalue weighted by Crippen LogP contribution is -2.44. The van der Waals surface area contributed by atoms with Crippen molar-refractivity contribution in [1.82, 2.24) is 19.8 Å². The van der Waals surface area contributed by atoms with Crippen LogP contribution in [0.1, 0.15) is 52.3 Å². The normalized spacial score (nSPS) is 17.6. The molecule has 31 heavy (non-hydrogen) atoms. The second-order valence-corrected chi connectivity index (χ2v) is 9.69. The van der Waals surface area contributed by atoms with E-state index in [0.717, 1.165) is 69.7 Å². The third kappa shape index (κ3) is 4.04. The van der Waals surface area contributed by atoms with E-state index in [1.165, 1.54) is 16.9 Å². The Bertz CT molecular complexity index is 1160. The second-order valence-electron chi connectivity index (χ2n) is 8.69. The monoisotopic (exact) mass is 436 g/mol. The van der Waals surface area contributed by atoms with Crippen molar-refractivity contribution in [2.45, 2.75) is 58.2 Å². The zero-order chi connectivity index (χ0) is 21.4. The molecule has 6 nitrogen and oxygen atoms in total. The van der Waals surface area contributed by atoms with Gasteiger partial charge in [-0.2, -0.15) is 0 Å². The number of rotatable bonds is 4. The number of amides is 1. The molecule has 0 radical (unpaired) electrons. The Morgan fingerprint density at radius 1 is 1.16 bits per heavy atom. The van der Waals surface area contributed by atoms with Crippen LogP contribution < -0.4 is 10.9 Å². The van der Waals surface area contributed by atoms with Crippen molar-refractivity contribution in [3.8, 4) is 0 Å². The molecule has 0 bridgehead atoms. The summed E-state index contributed by atoms with van der Waals surface area (Å²) in [5.74, 6) is 0.798. The fraction of sp³-hybridized carbons (Fsp3) is 0.458. The van der Waals surface area contributed by atoms with Gasteiger partial charge < -0.3 is 5.32 Å². The van der Waals surface area contributed by atoms with Crippen molar-refractivity contribution in [2.24, 2.45) is 0 Å². The number of likely N-dealkylation sites (tertiary alicyclic amines) is 1. The van der Waals surface area contributed by atoms with Crippen LogP contribution in [-0.2, 0) is 19.5 Å². The zero-order valence-electron chi connectivity index (χ0n) is 17.9. The number of thiophene rings is 1. The number of aromatic nitrogens is 2. The minimum Gasteiger partial charge on any atom is -0.349 e. The number of benzene rings is 1. The van der Waals surface area contributed by atoms with E-state index in [9.17, 15) is 9.59 Å². The van der Waals surface area contributed by atoms with E-state index in [-0.39, 0.29) is 17.5 Å². The molecule has 1 aromatic carbocycles. The smallest absolute Gasteiger partial charge is 0.262 e. The zero-order valence-corrected chi connectivity index (χ0v) is 18.7. The number of nitrogens with one attached hydrogen (secondary N) is 1. The molecule has 5 rings (SSSR count). The van der Waals surface area contributed by atoms with E-state index in [2.05, 4.69) is 34.5 Å². The summed E-state index contributed by atoms with van der Waals surface area (Å²) in [5.41, 5.74) is 2.12. The topological polar surface area (TPSA) is 67.2 Å². The molecule has 4 heterocycles. The van der Waals surface area contributed by atoms with Crippen molar-refractivity contribution in [2.75, 3.05) is 13.1 Å². The number of piperidine rings is 1. The molecule has 7 heteroatoms. The largest absolute Gasteiger partial charge is 0.349 e. The summed E-state index contributed by atoms with van der Waals surface area (Å²) in [4.78, 5) is 34.6. The van der Waals surface area contributed by atoms with Gasteiger partial charge in [0.15, 0.2) is 0 Å². The van der Waals surface area contributed by atoms with Crippen molar-refractivity contribution in [1.29, 1.82) is 0 Å². The average molecular weight is 437 g/mol. The van der Waals surface area contributed by atoms with Crippen LogP contribution in [0.3, 0.4) is 0 Å². The number of fused-ring (bicyclic) bond motifs is 2. The summed E-state index contributed by atoms with van der Waals surface area (Å²) >= 11 is 1.36.